The molecule has 0 saturated carbocycles. The Kier molecular flexibility index (Phi) is 3.36. The maximum atomic E-state index is 10.9. The van der Waals surface area contributed by atoms with Gasteiger partial charge in [0.1, 0.15) is 0 Å². The summed E-state index contributed by atoms with van der Waals surface area (Å²) >= 11 is 5.96. The second-order valence-corrected chi connectivity index (χ2v) is 6.07. The number of aliphatic carboxylic acids is 1. The highest BCUT2D eigenvalue weighted by Gasteiger charge is 2.21. The zero-order chi connectivity index (χ0) is 11.7. The lowest BCUT2D eigenvalue weighted by atomic mass is 10.1. The molecule has 0 spiro atoms. The lowest BCUT2D eigenvalue weighted by molar-refractivity contribution is -0.129. The van der Waals surface area contributed by atoms with E-state index in [1.54, 1.807) is 18.3 Å². The molecule has 1 aliphatic heterocycles. The lowest BCUT2D eigenvalue weighted by Crippen LogP contribution is -2.21. The van der Waals surface area contributed by atoms with Crippen molar-refractivity contribution in [3.05, 3.63) is 26.4 Å². The van der Waals surface area contributed by atoms with Crippen LogP contribution in [-0.4, -0.2) is 16.8 Å². The van der Waals surface area contributed by atoms with Crippen LogP contribution in [0.5, 0.6) is 0 Å². The van der Waals surface area contributed by atoms with Gasteiger partial charge in [-0.15, -0.1) is 11.3 Å². The van der Waals surface area contributed by atoms with Gasteiger partial charge in [0.05, 0.1) is 26.5 Å². The molecule has 0 aromatic carbocycles. The molecule has 0 fully saturated rings. The van der Waals surface area contributed by atoms with Gasteiger partial charge < -0.3 is 9.83 Å². The Hall–Kier alpha value is -0.790. The van der Waals surface area contributed by atoms with E-state index in [1.165, 1.54) is 0 Å². The summed E-state index contributed by atoms with van der Waals surface area (Å²) in [6, 6.07) is 3.87. The fourth-order valence-corrected chi connectivity index (χ4v) is 3.48. The van der Waals surface area contributed by atoms with E-state index in [1.807, 2.05) is 12.1 Å². The molecule has 0 amide bonds. The fraction of sp³-hybridized carbons (Fsp3) is 0.111. The lowest BCUT2D eigenvalue weighted by Gasteiger charge is -2.15. The summed E-state index contributed by atoms with van der Waals surface area (Å²) in [5.74, 6) is -1.00. The van der Waals surface area contributed by atoms with E-state index in [4.69, 9.17) is 5.11 Å². The van der Waals surface area contributed by atoms with Crippen LogP contribution in [-0.2, 0) is 4.79 Å². The molecule has 2 heterocycles. The molecule has 2 N–H and O–H groups in total. The molecule has 2 rings (SSSR count). The summed E-state index contributed by atoms with van der Waals surface area (Å²) in [4.78, 5) is 11.9. The number of carboxylic acids is 1. The average Bonchev–Trinajstić information content (AvgIpc) is 2.64. The van der Waals surface area contributed by atoms with Crippen molar-refractivity contribution < 1.29 is 9.90 Å². The van der Waals surface area contributed by atoms with Crippen LogP contribution in [0.15, 0.2) is 25.9 Å². The molecule has 1 aliphatic rings. The van der Waals surface area contributed by atoms with E-state index in [-0.39, 0.29) is 5.71 Å². The predicted molar refractivity (Wildman–Crippen MR) is 70.4 cm³/mol. The van der Waals surface area contributed by atoms with Gasteiger partial charge in [-0.2, -0.15) is 4.40 Å². The van der Waals surface area contributed by atoms with Gasteiger partial charge >= 0.3 is 5.97 Å². The predicted octanol–water partition coefficient (Wildman–Crippen LogP) is 2.93. The zero-order valence-corrected chi connectivity index (χ0v) is 11.4. The third-order valence-electron chi connectivity index (χ3n) is 2.04. The number of nitrogens with zero attached hydrogens (tertiary/aromatic N) is 1. The minimum absolute atomic E-state index is 0.100. The van der Waals surface area contributed by atoms with Crippen LogP contribution in [0.4, 0.5) is 0 Å². The first-order chi connectivity index (χ1) is 7.59. The quantitative estimate of drug-likeness (QED) is 0.823. The Bertz CT molecular complexity index is 507. The van der Waals surface area contributed by atoms with E-state index in [2.05, 4.69) is 25.0 Å². The first-order valence-corrected chi connectivity index (χ1v) is 6.68. The van der Waals surface area contributed by atoms with Crippen LogP contribution in [0.25, 0.3) is 5.70 Å². The van der Waals surface area contributed by atoms with E-state index in [0.29, 0.717) is 5.57 Å². The zero-order valence-electron chi connectivity index (χ0n) is 8.15. The van der Waals surface area contributed by atoms with Crippen LogP contribution < -0.4 is 4.72 Å². The van der Waals surface area contributed by atoms with Gasteiger partial charge in [-0.1, -0.05) is 0 Å². The first-order valence-electron chi connectivity index (χ1n) is 4.30. The Morgan fingerprint density at radius 3 is 2.88 bits per heavy atom. The van der Waals surface area contributed by atoms with Gasteiger partial charge in [-0.25, -0.2) is 4.79 Å². The second-order valence-electron chi connectivity index (χ2n) is 3.04. The largest absolute Gasteiger partial charge is 0.476 e. The number of thiophene rings is 1. The smallest absolute Gasteiger partial charge is 0.355 e. The van der Waals surface area contributed by atoms with Crippen LogP contribution in [0.3, 0.4) is 0 Å². The number of halogens is 1. The number of hydrogen-bond donors (Lipinski definition) is 2. The second kappa shape index (κ2) is 4.60. The van der Waals surface area contributed by atoms with E-state index in [0.717, 1.165) is 26.5 Å². The molecule has 0 aliphatic carbocycles. The van der Waals surface area contributed by atoms with Gasteiger partial charge in [0.2, 0.25) is 0 Å². The van der Waals surface area contributed by atoms with Crippen molar-refractivity contribution in [1.82, 2.24) is 4.72 Å². The highest BCUT2D eigenvalue weighted by atomic mass is 79.9. The van der Waals surface area contributed by atoms with Crippen LogP contribution >= 0.6 is 39.4 Å². The summed E-state index contributed by atoms with van der Waals surface area (Å²) in [7, 11) is 0. The first kappa shape index (κ1) is 11.7. The maximum absolute atomic E-state index is 10.9. The SMILES string of the molecule is CC1=C(c2ccc(Br)s2)NSN=C1C(=O)O. The number of rotatable bonds is 2. The molecule has 0 saturated heterocycles. The summed E-state index contributed by atoms with van der Waals surface area (Å²) < 4.78 is 7.88. The molecule has 1 aromatic rings. The van der Waals surface area contributed by atoms with Crippen LogP contribution in [0.2, 0.25) is 0 Å². The van der Waals surface area contributed by atoms with Gasteiger partial charge in [0, 0.05) is 5.57 Å². The minimum atomic E-state index is -1.00. The molecular formula is C9H7BrN2O2S2. The summed E-state index contributed by atoms with van der Waals surface area (Å²) in [6.07, 6.45) is 0. The molecule has 4 nitrogen and oxygen atoms in total. The van der Waals surface area contributed by atoms with Gasteiger partial charge in [-0.3, -0.25) is 0 Å². The van der Waals surface area contributed by atoms with Crippen LogP contribution in [0, 0.1) is 0 Å². The molecular weight excluding hydrogens is 312 g/mol. The molecule has 16 heavy (non-hydrogen) atoms. The molecule has 84 valence electrons. The van der Waals surface area contributed by atoms with E-state index in [9.17, 15) is 4.79 Å². The van der Waals surface area contributed by atoms with E-state index < -0.39 is 5.97 Å². The van der Waals surface area contributed by atoms with Crippen LogP contribution in [0.1, 0.15) is 11.8 Å². The third-order valence-corrected chi connectivity index (χ3v) is 4.25. The molecule has 0 radical (unpaired) electrons. The molecule has 0 bridgehead atoms. The molecule has 0 atom stereocenters. The van der Waals surface area contributed by atoms with Crippen molar-refractivity contribution in [3.63, 3.8) is 0 Å². The Morgan fingerprint density at radius 1 is 1.56 bits per heavy atom. The maximum Gasteiger partial charge on any atom is 0.355 e. The summed E-state index contributed by atoms with van der Waals surface area (Å²) in [5.41, 5.74) is 1.57. The van der Waals surface area contributed by atoms with Crippen molar-refractivity contribution in [2.24, 2.45) is 4.40 Å². The monoisotopic (exact) mass is 318 g/mol. The van der Waals surface area contributed by atoms with Gasteiger partial charge in [-0.05, 0) is 35.0 Å². The highest BCUT2D eigenvalue weighted by molar-refractivity contribution is 9.11. The van der Waals surface area contributed by atoms with Gasteiger partial charge in [0.25, 0.3) is 0 Å². The molecule has 7 heteroatoms. The Labute approximate surface area is 109 Å². The standard InChI is InChI=1S/C9H7BrN2O2S2/c1-4-7(5-2-3-6(10)15-5)11-16-12-8(4)9(13)14/h2-3,11H,1H3,(H,13,14). The number of nitrogens with one attached hydrogen (secondary N) is 1. The summed E-state index contributed by atoms with van der Waals surface area (Å²) in [5, 5.41) is 8.97. The third kappa shape index (κ3) is 2.16. The van der Waals surface area contributed by atoms with Crippen molar-refractivity contribution in [1.29, 1.82) is 0 Å². The topological polar surface area (TPSA) is 61.7 Å². The molecule has 1 aromatic heterocycles. The average molecular weight is 319 g/mol. The number of carbonyl (C=O) groups is 1. The number of hydrogen-bond acceptors (Lipinski definition) is 5. The Balaban J connectivity index is 2.44. The Morgan fingerprint density at radius 2 is 2.31 bits per heavy atom. The van der Waals surface area contributed by atoms with Gasteiger partial charge in [0.15, 0.2) is 5.71 Å². The normalized spacial score (nSPS) is 15.8. The van der Waals surface area contributed by atoms with Crippen molar-refractivity contribution in [2.45, 2.75) is 6.92 Å². The van der Waals surface area contributed by atoms with E-state index >= 15 is 0 Å². The van der Waals surface area contributed by atoms with Crippen molar-refractivity contribution in [3.8, 4) is 0 Å². The summed E-state index contributed by atoms with van der Waals surface area (Å²) in [6.45, 7) is 1.75. The van der Waals surface area contributed by atoms with Crippen molar-refractivity contribution in [2.75, 3.05) is 0 Å². The van der Waals surface area contributed by atoms with Crippen molar-refractivity contribution >= 4 is 56.8 Å². The number of carboxylic acid groups (broad SMARTS) is 1. The highest BCUT2D eigenvalue weighted by Crippen LogP contribution is 2.32. The minimum Gasteiger partial charge on any atom is -0.476 e. The molecule has 0 unspecified atom stereocenters. The fourth-order valence-electron chi connectivity index (χ4n) is 1.26.